The number of benzene rings is 1. The molecule has 8 nitrogen and oxygen atoms in total. The molecule has 3 heterocycles. The zero-order valence-corrected chi connectivity index (χ0v) is 16.2. The van der Waals surface area contributed by atoms with Gasteiger partial charge in [0.15, 0.2) is 5.43 Å². The molecule has 0 saturated heterocycles. The minimum absolute atomic E-state index is 0. The van der Waals surface area contributed by atoms with Crippen LogP contribution in [0.15, 0.2) is 23.1 Å². The van der Waals surface area contributed by atoms with Crippen LogP contribution in [-0.4, -0.2) is 30.7 Å². The third kappa shape index (κ3) is 2.70. The third-order valence-corrected chi connectivity index (χ3v) is 4.55. The van der Waals surface area contributed by atoms with Gasteiger partial charge >= 0.3 is 29.6 Å². The molecule has 0 N–H and O–H groups in total. The topological polar surface area (TPSA) is 106 Å². The van der Waals surface area contributed by atoms with E-state index >= 15 is 0 Å². The van der Waals surface area contributed by atoms with E-state index in [1.165, 1.54) is 11.0 Å². The molecule has 4 rings (SSSR count). The number of aromatic carboxylic acids is 1. The number of tetrazole rings is 1. The molecule has 122 valence electrons. The zero-order chi connectivity index (χ0) is 17.0. The molecular weight excluding hydrogens is 333 g/mol. The fourth-order valence-corrected chi connectivity index (χ4v) is 3.36. The molecule has 0 spiro atoms. The number of hydrogen-bond acceptors (Lipinski definition) is 6. The maximum absolute atomic E-state index is 12.5. The van der Waals surface area contributed by atoms with Crippen LogP contribution in [-0.2, 0) is 13.5 Å². The van der Waals surface area contributed by atoms with E-state index in [0.29, 0.717) is 11.2 Å². The maximum Gasteiger partial charge on any atom is 1.00 e. The van der Waals surface area contributed by atoms with Gasteiger partial charge in [0, 0.05) is 23.2 Å². The monoisotopic (exact) mass is 347 g/mol. The number of aryl methyl sites for hydroxylation is 2. The summed E-state index contributed by atoms with van der Waals surface area (Å²) in [5.74, 6) is -0.962. The number of carbonyl (C=O) groups is 1. The van der Waals surface area contributed by atoms with Gasteiger partial charge in [0.1, 0.15) is 0 Å². The standard InChI is InChI=1S/C16H15N5O3.Na/c1-8-3-4-9-10(15-17-19-20(2)18-15)5-6-11-13(9)21(8)7-12(14(11)22)16(23)24;/h5-8H,3-4H2,1-2H3,(H,23,24);/q;+1/p-1. The van der Waals surface area contributed by atoms with E-state index in [0.717, 1.165) is 29.5 Å². The van der Waals surface area contributed by atoms with Crippen LogP contribution < -0.4 is 40.1 Å². The Hall–Kier alpha value is -2.03. The first-order chi connectivity index (χ1) is 11.5. The summed E-state index contributed by atoms with van der Waals surface area (Å²) in [7, 11) is 1.69. The number of carboxylic acid groups (broad SMARTS) is 1. The van der Waals surface area contributed by atoms with Crippen molar-refractivity contribution in [2.45, 2.75) is 25.8 Å². The van der Waals surface area contributed by atoms with Crippen molar-refractivity contribution in [2.75, 3.05) is 0 Å². The molecule has 1 aromatic carbocycles. The van der Waals surface area contributed by atoms with Gasteiger partial charge in [-0.2, -0.15) is 4.80 Å². The smallest absolute Gasteiger partial charge is 0.545 e. The van der Waals surface area contributed by atoms with Gasteiger partial charge in [0.25, 0.3) is 0 Å². The molecule has 0 fully saturated rings. The molecule has 1 atom stereocenters. The van der Waals surface area contributed by atoms with Crippen molar-refractivity contribution in [2.24, 2.45) is 7.05 Å². The molecule has 2 aromatic heterocycles. The van der Waals surface area contributed by atoms with E-state index in [-0.39, 0.29) is 41.2 Å². The van der Waals surface area contributed by atoms with Crippen molar-refractivity contribution in [3.05, 3.63) is 39.7 Å². The van der Waals surface area contributed by atoms with E-state index < -0.39 is 11.4 Å². The fourth-order valence-electron chi connectivity index (χ4n) is 3.36. The normalized spacial score (nSPS) is 15.8. The van der Waals surface area contributed by atoms with Crippen molar-refractivity contribution >= 4 is 16.9 Å². The van der Waals surface area contributed by atoms with Gasteiger partial charge in [-0.25, -0.2) is 0 Å². The zero-order valence-electron chi connectivity index (χ0n) is 14.2. The Bertz CT molecular complexity index is 1060. The number of nitrogens with zero attached hydrogens (tertiary/aromatic N) is 5. The summed E-state index contributed by atoms with van der Waals surface area (Å²) in [6, 6.07) is 3.48. The number of carbonyl (C=O) groups excluding carboxylic acids is 1. The molecule has 1 aliphatic heterocycles. The molecule has 0 bridgehead atoms. The van der Waals surface area contributed by atoms with Gasteiger partial charge in [-0.1, -0.05) is 0 Å². The van der Waals surface area contributed by atoms with Gasteiger partial charge in [-0.3, -0.25) is 4.79 Å². The van der Waals surface area contributed by atoms with Crippen LogP contribution in [0.1, 0.15) is 35.3 Å². The average Bonchev–Trinajstić information content (AvgIpc) is 2.98. The van der Waals surface area contributed by atoms with Crippen LogP contribution in [0, 0.1) is 0 Å². The van der Waals surface area contributed by atoms with Gasteiger partial charge in [0.05, 0.1) is 24.1 Å². The van der Waals surface area contributed by atoms with Gasteiger partial charge < -0.3 is 14.5 Å². The van der Waals surface area contributed by atoms with Crippen molar-refractivity contribution in [3.8, 4) is 11.4 Å². The van der Waals surface area contributed by atoms with Crippen molar-refractivity contribution in [1.29, 1.82) is 0 Å². The van der Waals surface area contributed by atoms with Crippen LogP contribution in [0.5, 0.6) is 0 Å². The fraction of sp³-hybridized carbons (Fsp3) is 0.312. The summed E-state index contributed by atoms with van der Waals surface area (Å²) in [6.45, 7) is 2.00. The quantitative estimate of drug-likeness (QED) is 0.460. The minimum Gasteiger partial charge on any atom is -0.545 e. The summed E-state index contributed by atoms with van der Waals surface area (Å²) in [5, 5.41) is 23.8. The second kappa shape index (κ2) is 6.36. The Morgan fingerprint density at radius 3 is 2.76 bits per heavy atom. The summed E-state index contributed by atoms with van der Waals surface area (Å²) in [4.78, 5) is 25.1. The van der Waals surface area contributed by atoms with Crippen molar-refractivity contribution < 1.29 is 39.5 Å². The predicted molar refractivity (Wildman–Crippen MR) is 83.4 cm³/mol. The van der Waals surface area contributed by atoms with Crippen LogP contribution >= 0.6 is 0 Å². The van der Waals surface area contributed by atoms with E-state index in [4.69, 9.17) is 0 Å². The van der Waals surface area contributed by atoms with Gasteiger partial charge in [0.2, 0.25) is 5.82 Å². The van der Waals surface area contributed by atoms with Crippen LogP contribution in [0.2, 0.25) is 0 Å². The first-order valence-electron chi connectivity index (χ1n) is 7.64. The van der Waals surface area contributed by atoms with E-state index in [2.05, 4.69) is 15.4 Å². The largest absolute Gasteiger partial charge is 1.00 e. The number of aromatic nitrogens is 5. The molecular formula is C16H14N5NaO3. The maximum atomic E-state index is 12.5. The van der Waals surface area contributed by atoms with Crippen molar-refractivity contribution in [1.82, 2.24) is 24.8 Å². The number of carboxylic acids is 1. The van der Waals surface area contributed by atoms with E-state index in [1.54, 1.807) is 19.2 Å². The summed E-state index contributed by atoms with van der Waals surface area (Å²) < 4.78 is 1.85. The summed E-state index contributed by atoms with van der Waals surface area (Å²) >= 11 is 0. The Kier molecular flexibility index (Phi) is 4.52. The van der Waals surface area contributed by atoms with Gasteiger partial charge in [-0.15, -0.1) is 10.2 Å². The molecule has 0 amide bonds. The molecule has 0 aliphatic carbocycles. The number of hydrogen-bond donors (Lipinski definition) is 0. The van der Waals surface area contributed by atoms with E-state index in [9.17, 15) is 14.7 Å². The number of rotatable bonds is 2. The Labute approximate surface area is 164 Å². The second-order valence-corrected chi connectivity index (χ2v) is 6.04. The van der Waals surface area contributed by atoms with E-state index in [1.807, 2.05) is 11.5 Å². The third-order valence-electron chi connectivity index (χ3n) is 4.55. The molecule has 1 unspecified atom stereocenters. The molecule has 0 saturated carbocycles. The molecule has 3 aromatic rings. The first kappa shape index (κ1) is 17.8. The predicted octanol–water partition coefficient (Wildman–Crippen LogP) is -2.93. The second-order valence-electron chi connectivity index (χ2n) is 6.04. The van der Waals surface area contributed by atoms with Crippen molar-refractivity contribution in [3.63, 3.8) is 0 Å². The summed E-state index contributed by atoms with van der Waals surface area (Å²) in [5.41, 5.74) is 1.67. The Morgan fingerprint density at radius 2 is 2.12 bits per heavy atom. The van der Waals surface area contributed by atoms with Crippen LogP contribution in [0.3, 0.4) is 0 Å². The minimum atomic E-state index is -1.45. The molecule has 1 aliphatic rings. The number of pyridine rings is 1. The first-order valence-corrected chi connectivity index (χ1v) is 7.64. The molecule has 9 heteroatoms. The van der Waals surface area contributed by atoms with Crippen LogP contribution in [0.25, 0.3) is 22.3 Å². The van der Waals surface area contributed by atoms with Crippen LogP contribution in [0.4, 0.5) is 0 Å². The average molecular weight is 347 g/mol. The molecule has 25 heavy (non-hydrogen) atoms. The Morgan fingerprint density at radius 1 is 1.36 bits per heavy atom. The SMILES string of the molecule is CC1CCc2c(-c3nnn(C)n3)ccc3c(=O)c(C(=O)[O-])cn1c23.[Na+]. The molecule has 0 radical (unpaired) electrons. The summed E-state index contributed by atoms with van der Waals surface area (Å²) in [6.07, 6.45) is 2.98. The van der Waals surface area contributed by atoms with Gasteiger partial charge in [-0.05, 0) is 42.7 Å². The Balaban J connectivity index is 0.00000182.